The Hall–Kier alpha value is -2.00. The first-order chi connectivity index (χ1) is 9.52. The largest absolute Gasteiger partial charge is 0.397 e. The molecular formula is C16H16ClN3. The van der Waals surface area contributed by atoms with E-state index < -0.39 is 0 Å². The van der Waals surface area contributed by atoms with E-state index in [1.54, 1.807) is 6.07 Å². The van der Waals surface area contributed by atoms with Crippen molar-refractivity contribution in [1.82, 2.24) is 9.97 Å². The molecule has 0 aliphatic carbocycles. The first-order valence-corrected chi connectivity index (χ1v) is 6.90. The van der Waals surface area contributed by atoms with E-state index in [4.69, 9.17) is 17.3 Å². The van der Waals surface area contributed by atoms with Crippen molar-refractivity contribution in [2.24, 2.45) is 0 Å². The smallest absolute Gasteiger partial charge is 0.112 e. The standard InChI is InChI=1S/C16H16ClN3/c1-9-3-4-10(2)11(5-9)6-15-19-14-8-12(17)7-13(18)16(14)20-15/h3-5,7-8H,6,18H2,1-2H3,(H,19,20). The summed E-state index contributed by atoms with van der Waals surface area (Å²) in [6, 6.07) is 10.0. The summed E-state index contributed by atoms with van der Waals surface area (Å²) in [6.45, 7) is 4.21. The summed E-state index contributed by atoms with van der Waals surface area (Å²) in [7, 11) is 0. The van der Waals surface area contributed by atoms with Crippen LogP contribution in [0.25, 0.3) is 11.0 Å². The van der Waals surface area contributed by atoms with E-state index >= 15 is 0 Å². The van der Waals surface area contributed by atoms with Crippen molar-refractivity contribution < 1.29 is 0 Å². The molecule has 4 heteroatoms. The number of nitrogens with two attached hydrogens (primary N) is 1. The maximum Gasteiger partial charge on any atom is 0.112 e. The van der Waals surface area contributed by atoms with Gasteiger partial charge in [0.25, 0.3) is 0 Å². The van der Waals surface area contributed by atoms with Crippen molar-refractivity contribution in [3.63, 3.8) is 0 Å². The molecule has 102 valence electrons. The Kier molecular flexibility index (Phi) is 3.14. The molecule has 0 aliphatic rings. The number of nitrogen functional groups attached to an aromatic ring is 1. The van der Waals surface area contributed by atoms with Gasteiger partial charge in [-0.25, -0.2) is 4.98 Å². The van der Waals surface area contributed by atoms with Crippen molar-refractivity contribution in [3.05, 3.63) is 57.9 Å². The predicted molar refractivity (Wildman–Crippen MR) is 84.2 cm³/mol. The number of aryl methyl sites for hydroxylation is 2. The van der Waals surface area contributed by atoms with Crippen LogP contribution in [-0.2, 0) is 6.42 Å². The van der Waals surface area contributed by atoms with Crippen molar-refractivity contribution in [3.8, 4) is 0 Å². The number of aromatic amines is 1. The number of fused-ring (bicyclic) bond motifs is 1. The molecule has 0 spiro atoms. The van der Waals surface area contributed by atoms with E-state index in [0.717, 1.165) is 23.3 Å². The predicted octanol–water partition coefficient (Wildman–Crippen LogP) is 4.01. The molecule has 1 heterocycles. The second-order valence-corrected chi connectivity index (χ2v) is 5.62. The lowest BCUT2D eigenvalue weighted by atomic mass is 10.0. The van der Waals surface area contributed by atoms with Gasteiger partial charge in [0.05, 0.1) is 11.2 Å². The minimum atomic E-state index is 0.607. The van der Waals surface area contributed by atoms with Crippen LogP contribution in [0.4, 0.5) is 5.69 Å². The van der Waals surface area contributed by atoms with Crippen LogP contribution in [0.1, 0.15) is 22.5 Å². The fourth-order valence-corrected chi connectivity index (χ4v) is 2.64. The third-order valence-corrected chi connectivity index (χ3v) is 3.71. The third-order valence-electron chi connectivity index (χ3n) is 3.49. The molecule has 3 aromatic rings. The molecule has 1 aromatic heterocycles. The number of aromatic nitrogens is 2. The average molecular weight is 286 g/mol. The molecular weight excluding hydrogens is 270 g/mol. The van der Waals surface area contributed by atoms with E-state index in [0.29, 0.717) is 10.7 Å². The first kappa shape index (κ1) is 13.0. The maximum absolute atomic E-state index is 6.01. The SMILES string of the molecule is Cc1ccc(C)c(Cc2nc3c(N)cc(Cl)cc3[nH]2)c1. The second-order valence-electron chi connectivity index (χ2n) is 5.18. The molecule has 0 bridgehead atoms. The Balaban J connectivity index is 2.03. The van der Waals surface area contributed by atoms with Crippen LogP contribution < -0.4 is 5.73 Å². The van der Waals surface area contributed by atoms with Gasteiger partial charge in [-0.15, -0.1) is 0 Å². The van der Waals surface area contributed by atoms with Crippen LogP contribution in [0.15, 0.2) is 30.3 Å². The number of nitrogens with zero attached hydrogens (tertiary/aromatic N) is 1. The van der Waals surface area contributed by atoms with E-state index in [9.17, 15) is 0 Å². The molecule has 0 saturated carbocycles. The molecule has 0 fully saturated rings. The molecule has 3 N–H and O–H groups in total. The summed E-state index contributed by atoms with van der Waals surface area (Å²) in [6.07, 6.45) is 0.763. The van der Waals surface area contributed by atoms with Crippen LogP contribution >= 0.6 is 11.6 Å². The summed E-state index contributed by atoms with van der Waals surface area (Å²) in [5.74, 6) is 0.905. The van der Waals surface area contributed by atoms with Gasteiger partial charge in [0.2, 0.25) is 0 Å². The van der Waals surface area contributed by atoms with Gasteiger partial charge in [-0.1, -0.05) is 35.4 Å². The van der Waals surface area contributed by atoms with Gasteiger partial charge in [0, 0.05) is 11.4 Å². The quantitative estimate of drug-likeness (QED) is 0.699. The van der Waals surface area contributed by atoms with Crippen LogP contribution in [-0.4, -0.2) is 9.97 Å². The molecule has 0 unspecified atom stereocenters. The fourth-order valence-electron chi connectivity index (χ4n) is 2.41. The van der Waals surface area contributed by atoms with Crippen LogP contribution in [0, 0.1) is 13.8 Å². The van der Waals surface area contributed by atoms with Crippen molar-refractivity contribution in [1.29, 1.82) is 0 Å². The van der Waals surface area contributed by atoms with Crippen molar-refractivity contribution in [2.75, 3.05) is 5.73 Å². The lowest BCUT2D eigenvalue weighted by Crippen LogP contribution is -1.94. The highest BCUT2D eigenvalue weighted by molar-refractivity contribution is 6.31. The van der Waals surface area contributed by atoms with Crippen LogP contribution in [0.5, 0.6) is 0 Å². The summed E-state index contributed by atoms with van der Waals surface area (Å²) in [5.41, 5.74) is 12.0. The molecule has 0 aliphatic heterocycles. The zero-order chi connectivity index (χ0) is 14.3. The number of anilines is 1. The van der Waals surface area contributed by atoms with E-state index in [-0.39, 0.29) is 0 Å². The Morgan fingerprint density at radius 1 is 1.20 bits per heavy atom. The van der Waals surface area contributed by atoms with Gasteiger partial charge in [0.15, 0.2) is 0 Å². The highest BCUT2D eigenvalue weighted by Gasteiger charge is 2.09. The molecule has 0 radical (unpaired) electrons. The highest BCUT2D eigenvalue weighted by atomic mass is 35.5. The van der Waals surface area contributed by atoms with E-state index in [1.807, 2.05) is 6.07 Å². The van der Waals surface area contributed by atoms with Gasteiger partial charge in [-0.2, -0.15) is 0 Å². The van der Waals surface area contributed by atoms with Crippen molar-refractivity contribution >= 4 is 28.3 Å². The van der Waals surface area contributed by atoms with Gasteiger partial charge >= 0.3 is 0 Å². The van der Waals surface area contributed by atoms with Gasteiger partial charge in [0.1, 0.15) is 11.3 Å². The zero-order valence-corrected chi connectivity index (χ0v) is 12.3. The monoisotopic (exact) mass is 285 g/mol. The topological polar surface area (TPSA) is 54.7 Å². The number of hydrogen-bond acceptors (Lipinski definition) is 2. The summed E-state index contributed by atoms with van der Waals surface area (Å²) >= 11 is 6.01. The van der Waals surface area contributed by atoms with Gasteiger partial charge in [-0.3, -0.25) is 0 Å². The zero-order valence-electron chi connectivity index (χ0n) is 11.5. The Morgan fingerprint density at radius 2 is 2.00 bits per heavy atom. The molecule has 2 aromatic carbocycles. The summed E-state index contributed by atoms with van der Waals surface area (Å²) in [4.78, 5) is 7.88. The number of hydrogen-bond donors (Lipinski definition) is 2. The lowest BCUT2D eigenvalue weighted by molar-refractivity contribution is 1.02. The summed E-state index contributed by atoms with van der Waals surface area (Å²) in [5, 5.41) is 0.622. The minimum Gasteiger partial charge on any atom is -0.397 e. The Morgan fingerprint density at radius 3 is 2.80 bits per heavy atom. The third kappa shape index (κ3) is 2.37. The van der Waals surface area contributed by atoms with E-state index in [1.165, 1.54) is 16.7 Å². The number of rotatable bonds is 2. The van der Waals surface area contributed by atoms with Crippen LogP contribution in [0.3, 0.4) is 0 Å². The van der Waals surface area contributed by atoms with Gasteiger partial charge < -0.3 is 10.7 Å². The van der Waals surface area contributed by atoms with Crippen molar-refractivity contribution in [2.45, 2.75) is 20.3 Å². The average Bonchev–Trinajstić information content (AvgIpc) is 2.76. The van der Waals surface area contributed by atoms with E-state index in [2.05, 4.69) is 42.0 Å². The Bertz CT molecular complexity index is 790. The molecule has 3 nitrogen and oxygen atoms in total. The first-order valence-electron chi connectivity index (χ1n) is 6.52. The summed E-state index contributed by atoms with van der Waals surface area (Å²) < 4.78 is 0. The van der Waals surface area contributed by atoms with Gasteiger partial charge in [-0.05, 0) is 37.1 Å². The number of nitrogens with one attached hydrogen (secondary N) is 1. The maximum atomic E-state index is 6.01. The number of halogens is 1. The number of benzene rings is 2. The Labute approximate surface area is 122 Å². The minimum absolute atomic E-state index is 0.607. The molecule has 0 atom stereocenters. The molecule has 3 rings (SSSR count). The number of H-pyrrole nitrogens is 1. The number of imidazole rings is 1. The molecule has 0 amide bonds. The normalized spacial score (nSPS) is 11.2. The molecule has 20 heavy (non-hydrogen) atoms. The second kappa shape index (κ2) is 4.84. The lowest BCUT2D eigenvalue weighted by Gasteiger charge is -2.04. The molecule has 0 saturated heterocycles. The highest BCUT2D eigenvalue weighted by Crippen LogP contribution is 2.25. The fraction of sp³-hybridized carbons (Fsp3) is 0.188. The van der Waals surface area contributed by atoms with Crippen LogP contribution in [0.2, 0.25) is 5.02 Å².